The van der Waals surface area contributed by atoms with Crippen LogP contribution in [0.25, 0.3) is 0 Å². The summed E-state index contributed by atoms with van der Waals surface area (Å²) < 4.78 is 13.5. The van der Waals surface area contributed by atoms with Crippen molar-refractivity contribution in [3.05, 3.63) is 69.5 Å². The molecule has 0 heterocycles. The topological polar surface area (TPSA) is 101 Å². The molecular weight excluding hydrogens is 365 g/mol. The maximum atomic E-state index is 13.5. The molecule has 0 aliphatic heterocycles. The smallest absolute Gasteiger partial charge is 0.306 e. The number of rotatable bonds is 7. The molecule has 7 nitrogen and oxygen atoms in total. The molecule has 28 heavy (non-hydrogen) atoms. The van der Waals surface area contributed by atoms with Gasteiger partial charge in [-0.3, -0.25) is 19.7 Å². The molecule has 0 aromatic heterocycles. The van der Waals surface area contributed by atoms with E-state index in [2.05, 4.69) is 10.6 Å². The Morgan fingerprint density at radius 2 is 1.86 bits per heavy atom. The quantitative estimate of drug-likeness (QED) is 0.557. The first-order valence-corrected chi connectivity index (χ1v) is 8.80. The summed E-state index contributed by atoms with van der Waals surface area (Å²) in [4.78, 5) is 35.3. The number of benzene rings is 2. The van der Waals surface area contributed by atoms with Gasteiger partial charge < -0.3 is 10.6 Å². The second-order valence-electron chi connectivity index (χ2n) is 6.88. The van der Waals surface area contributed by atoms with Crippen LogP contribution in [0, 0.1) is 28.8 Å². The largest absolute Gasteiger partial charge is 0.340 e. The van der Waals surface area contributed by atoms with Crippen LogP contribution in [0.3, 0.4) is 0 Å². The van der Waals surface area contributed by atoms with Gasteiger partial charge in [0.25, 0.3) is 5.91 Å². The molecule has 148 valence electrons. The molecule has 0 unspecified atom stereocenters. The Balaban J connectivity index is 2.19. The van der Waals surface area contributed by atoms with Gasteiger partial charge in [-0.1, -0.05) is 32.0 Å². The lowest BCUT2D eigenvalue weighted by Gasteiger charge is -2.20. The second-order valence-corrected chi connectivity index (χ2v) is 6.88. The van der Waals surface area contributed by atoms with E-state index in [0.29, 0.717) is 12.0 Å². The Morgan fingerprint density at radius 1 is 1.18 bits per heavy atom. The fraction of sp³-hybridized carbons (Fsp3) is 0.300. The summed E-state index contributed by atoms with van der Waals surface area (Å²) >= 11 is 0. The third-order valence-electron chi connectivity index (χ3n) is 4.13. The van der Waals surface area contributed by atoms with Crippen LogP contribution in [0.15, 0.2) is 42.5 Å². The van der Waals surface area contributed by atoms with Gasteiger partial charge >= 0.3 is 5.69 Å². The molecule has 0 spiro atoms. The molecule has 0 fully saturated rings. The molecule has 2 rings (SSSR count). The highest BCUT2D eigenvalue weighted by molar-refractivity contribution is 6.01. The molecule has 1 atom stereocenters. The Hall–Kier alpha value is -3.29. The first-order valence-electron chi connectivity index (χ1n) is 8.80. The minimum atomic E-state index is -0.991. The van der Waals surface area contributed by atoms with E-state index in [1.807, 2.05) is 19.9 Å². The SMILES string of the molecule is Cc1ccccc1C(=O)N[C@@H](CC(C)C)C(=O)Nc1ccc(F)c([N+](=O)[O-])c1. The highest BCUT2D eigenvalue weighted by Gasteiger charge is 2.24. The molecule has 2 N–H and O–H groups in total. The van der Waals surface area contributed by atoms with E-state index in [0.717, 1.165) is 17.7 Å². The van der Waals surface area contributed by atoms with Gasteiger partial charge in [0.1, 0.15) is 6.04 Å². The molecule has 0 aliphatic carbocycles. The zero-order valence-corrected chi connectivity index (χ0v) is 15.9. The van der Waals surface area contributed by atoms with Crippen LogP contribution in [-0.4, -0.2) is 22.8 Å². The molecule has 2 amide bonds. The summed E-state index contributed by atoms with van der Waals surface area (Å²) in [5.41, 5.74) is 0.582. The number of amides is 2. The van der Waals surface area contributed by atoms with E-state index in [9.17, 15) is 24.1 Å². The maximum absolute atomic E-state index is 13.5. The van der Waals surface area contributed by atoms with Crippen LogP contribution in [0.2, 0.25) is 0 Å². The fourth-order valence-electron chi connectivity index (χ4n) is 2.73. The lowest BCUT2D eigenvalue weighted by molar-refractivity contribution is -0.387. The monoisotopic (exact) mass is 387 g/mol. The third-order valence-corrected chi connectivity index (χ3v) is 4.13. The number of halogens is 1. The van der Waals surface area contributed by atoms with Crippen LogP contribution in [0.5, 0.6) is 0 Å². The van der Waals surface area contributed by atoms with Crippen LogP contribution in [0.4, 0.5) is 15.8 Å². The summed E-state index contributed by atoms with van der Waals surface area (Å²) in [5, 5.41) is 16.1. The Bertz CT molecular complexity index is 899. The number of nitrogens with zero attached hydrogens (tertiary/aromatic N) is 1. The highest BCUT2D eigenvalue weighted by Crippen LogP contribution is 2.22. The number of carbonyl (C=O) groups is 2. The number of nitrogens with one attached hydrogen (secondary N) is 2. The minimum absolute atomic E-state index is 0.0806. The number of nitro groups is 1. The number of carbonyl (C=O) groups excluding carboxylic acids is 2. The van der Waals surface area contributed by atoms with Crippen molar-refractivity contribution >= 4 is 23.2 Å². The first-order chi connectivity index (χ1) is 13.2. The fourth-order valence-corrected chi connectivity index (χ4v) is 2.73. The minimum Gasteiger partial charge on any atom is -0.340 e. The molecule has 8 heteroatoms. The van der Waals surface area contributed by atoms with Crippen molar-refractivity contribution < 1.29 is 18.9 Å². The normalized spacial score (nSPS) is 11.8. The molecular formula is C20H22FN3O4. The van der Waals surface area contributed by atoms with Gasteiger partial charge in [0.05, 0.1) is 4.92 Å². The Labute approximate surface area is 162 Å². The van der Waals surface area contributed by atoms with Crippen LogP contribution < -0.4 is 10.6 Å². The van der Waals surface area contributed by atoms with Crippen molar-refractivity contribution in [1.82, 2.24) is 5.32 Å². The molecule has 0 saturated heterocycles. The lowest BCUT2D eigenvalue weighted by Crippen LogP contribution is -2.44. The predicted octanol–water partition coefficient (Wildman–Crippen LogP) is 3.83. The number of anilines is 1. The van der Waals surface area contributed by atoms with Gasteiger partial charge in [-0.2, -0.15) is 4.39 Å². The summed E-state index contributed by atoms with van der Waals surface area (Å²) in [6.07, 6.45) is 0.368. The zero-order valence-electron chi connectivity index (χ0n) is 15.9. The molecule has 2 aromatic rings. The van der Waals surface area contributed by atoms with Crippen molar-refractivity contribution in [1.29, 1.82) is 0 Å². The summed E-state index contributed by atoms with van der Waals surface area (Å²) in [6, 6.07) is 9.25. The first kappa shape index (κ1) is 21.0. The van der Waals surface area contributed by atoms with E-state index < -0.39 is 28.4 Å². The molecule has 0 saturated carbocycles. The van der Waals surface area contributed by atoms with Gasteiger partial charge in [-0.05, 0) is 43.0 Å². The zero-order chi connectivity index (χ0) is 20.8. The van der Waals surface area contributed by atoms with Gasteiger partial charge in [0.2, 0.25) is 11.7 Å². The molecule has 0 aliphatic rings. The van der Waals surface area contributed by atoms with Gasteiger partial charge in [0, 0.05) is 17.3 Å². The van der Waals surface area contributed by atoms with Gasteiger partial charge in [-0.15, -0.1) is 0 Å². The maximum Gasteiger partial charge on any atom is 0.306 e. The highest BCUT2D eigenvalue weighted by atomic mass is 19.1. The lowest BCUT2D eigenvalue weighted by atomic mass is 10.0. The van der Waals surface area contributed by atoms with Gasteiger partial charge in [0.15, 0.2) is 0 Å². The van der Waals surface area contributed by atoms with E-state index >= 15 is 0 Å². The van der Waals surface area contributed by atoms with Crippen molar-refractivity contribution in [2.45, 2.75) is 33.2 Å². The number of nitro benzene ring substituents is 1. The van der Waals surface area contributed by atoms with Gasteiger partial charge in [-0.25, -0.2) is 0 Å². The molecule has 0 radical (unpaired) electrons. The average Bonchev–Trinajstić information content (AvgIpc) is 2.62. The van der Waals surface area contributed by atoms with Crippen molar-refractivity contribution in [3.63, 3.8) is 0 Å². The van der Waals surface area contributed by atoms with Crippen molar-refractivity contribution in [3.8, 4) is 0 Å². The van der Waals surface area contributed by atoms with E-state index in [-0.39, 0.29) is 17.5 Å². The van der Waals surface area contributed by atoms with Crippen molar-refractivity contribution in [2.24, 2.45) is 5.92 Å². The Morgan fingerprint density at radius 3 is 2.46 bits per heavy atom. The average molecular weight is 387 g/mol. The third kappa shape index (κ3) is 5.35. The summed E-state index contributed by atoms with van der Waals surface area (Å²) in [7, 11) is 0. The second kappa shape index (κ2) is 9.07. The molecule has 0 bridgehead atoms. The summed E-state index contributed by atoms with van der Waals surface area (Å²) in [5.74, 6) is -1.80. The predicted molar refractivity (Wildman–Crippen MR) is 104 cm³/mol. The standard InChI is InChI=1S/C20H22FN3O4/c1-12(2)10-17(23-19(25)15-7-5-4-6-13(15)3)20(26)22-14-8-9-16(21)18(11-14)24(27)28/h4-9,11-12,17H,10H2,1-3H3,(H,22,26)(H,23,25)/t17-/m0/s1. The molecule has 2 aromatic carbocycles. The summed E-state index contributed by atoms with van der Waals surface area (Å²) in [6.45, 7) is 5.61. The number of aryl methyl sites for hydroxylation is 1. The van der Waals surface area contributed by atoms with Crippen molar-refractivity contribution in [2.75, 3.05) is 5.32 Å². The van der Waals surface area contributed by atoms with E-state index in [4.69, 9.17) is 0 Å². The van der Waals surface area contributed by atoms with E-state index in [1.54, 1.807) is 25.1 Å². The van der Waals surface area contributed by atoms with Crippen LogP contribution >= 0.6 is 0 Å². The van der Waals surface area contributed by atoms with Crippen LogP contribution in [0.1, 0.15) is 36.2 Å². The number of hydrogen-bond donors (Lipinski definition) is 2. The van der Waals surface area contributed by atoms with E-state index in [1.165, 1.54) is 6.07 Å². The number of hydrogen-bond acceptors (Lipinski definition) is 4. The van der Waals surface area contributed by atoms with Crippen LogP contribution in [-0.2, 0) is 4.79 Å². The Kier molecular flexibility index (Phi) is 6.81.